The molecule has 34 heavy (non-hydrogen) atoms. The first kappa shape index (κ1) is 21.7. The Kier molecular flexibility index (Phi) is 5.78. The van der Waals surface area contributed by atoms with Crippen molar-refractivity contribution in [2.75, 3.05) is 44.8 Å². The maximum Gasteiger partial charge on any atom is 0.161 e. The van der Waals surface area contributed by atoms with Crippen LogP contribution in [0.2, 0.25) is 0 Å². The molecular weight excluding hydrogens is 434 g/mol. The Bertz CT molecular complexity index is 1190. The summed E-state index contributed by atoms with van der Waals surface area (Å²) < 4.78 is 17.4. The van der Waals surface area contributed by atoms with E-state index >= 15 is 0 Å². The van der Waals surface area contributed by atoms with Crippen molar-refractivity contribution in [3.63, 3.8) is 0 Å². The summed E-state index contributed by atoms with van der Waals surface area (Å²) in [5.41, 5.74) is 3.23. The minimum atomic E-state index is -0.187. The number of ether oxygens (including phenoxy) is 3. The SMILES string of the molecule is COc1ccc(-c2cc3nc(C4CNCCO4)nc(N4CC5CCC(C4)O5)c3cn2)cc1CO. The van der Waals surface area contributed by atoms with Crippen LogP contribution in [0.5, 0.6) is 5.75 Å². The monoisotopic (exact) mass is 463 g/mol. The largest absolute Gasteiger partial charge is 0.496 e. The predicted octanol–water partition coefficient (Wildman–Crippen LogP) is 2.22. The highest BCUT2D eigenvalue weighted by Gasteiger charge is 2.35. The fourth-order valence-electron chi connectivity index (χ4n) is 5.15. The highest BCUT2D eigenvalue weighted by Crippen LogP contribution is 2.34. The Balaban J connectivity index is 1.44. The number of aromatic nitrogens is 3. The first-order valence-corrected chi connectivity index (χ1v) is 11.9. The highest BCUT2D eigenvalue weighted by atomic mass is 16.5. The van der Waals surface area contributed by atoms with Crippen LogP contribution in [-0.2, 0) is 16.1 Å². The average Bonchev–Trinajstić information content (AvgIpc) is 3.24. The van der Waals surface area contributed by atoms with Crippen molar-refractivity contribution >= 4 is 16.7 Å². The fraction of sp³-hybridized carbons (Fsp3) is 0.480. The Hall–Kier alpha value is -2.85. The molecule has 0 spiro atoms. The Morgan fingerprint density at radius 1 is 1.18 bits per heavy atom. The van der Waals surface area contributed by atoms with E-state index in [2.05, 4.69) is 10.2 Å². The lowest BCUT2D eigenvalue weighted by Crippen LogP contribution is -2.43. The molecule has 3 aromatic rings. The van der Waals surface area contributed by atoms with Gasteiger partial charge in [-0.3, -0.25) is 4.98 Å². The van der Waals surface area contributed by atoms with Gasteiger partial charge in [0.15, 0.2) is 5.82 Å². The Morgan fingerprint density at radius 3 is 2.76 bits per heavy atom. The van der Waals surface area contributed by atoms with Crippen molar-refractivity contribution in [1.82, 2.24) is 20.3 Å². The number of nitrogens with zero attached hydrogens (tertiary/aromatic N) is 4. The van der Waals surface area contributed by atoms with Gasteiger partial charge in [-0.25, -0.2) is 9.97 Å². The average molecular weight is 464 g/mol. The molecule has 2 N–H and O–H groups in total. The van der Waals surface area contributed by atoms with Crippen LogP contribution in [0, 0.1) is 0 Å². The highest BCUT2D eigenvalue weighted by molar-refractivity contribution is 5.91. The van der Waals surface area contributed by atoms with Gasteiger partial charge in [0.2, 0.25) is 0 Å². The number of hydrogen-bond acceptors (Lipinski definition) is 9. The van der Waals surface area contributed by atoms with E-state index in [-0.39, 0.29) is 24.9 Å². The Morgan fingerprint density at radius 2 is 2.03 bits per heavy atom. The second kappa shape index (κ2) is 9.07. The number of aliphatic hydroxyl groups is 1. The van der Waals surface area contributed by atoms with E-state index in [1.807, 2.05) is 30.5 Å². The third kappa shape index (κ3) is 3.98. The molecule has 0 amide bonds. The number of benzene rings is 1. The van der Waals surface area contributed by atoms with E-state index in [0.717, 1.165) is 66.0 Å². The van der Waals surface area contributed by atoms with Crippen molar-refractivity contribution < 1.29 is 19.3 Å². The van der Waals surface area contributed by atoms with E-state index in [9.17, 15) is 5.11 Å². The van der Waals surface area contributed by atoms with Crippen molar-refractivity contribution in [2.45, 2.75) is 37.8 Å². The van der Waals surface area contributed by atoms with Crippen LogP contribution in [0.15, 0.2) is 30.5 Å². The van der Waals surface area contributed by atoms with Crippen molar-refractivity contribution in [1.29, 1.82) is 0 Å². The van der Waals surface area contributed by atoms with Crippen LogP contribution in [-0.4, -0.2) is 72.2 Å². The molecule has 3 aliphatic heterocycles. The molecule has 0 aliphatic carbocycles. The first-order chi connectivity index (χ1) is 16.7. The number of pyridine rings is 1. The van der Waals surface area contributed by atoms with Gasteiger partial charge in [-0.15, -0.1) is 0 Å². The topological polar surface area (TPSA) is 102 Å². The third-order valence-corrected chi connectivity index (χ3v) is 6.88. The van der Waals surface area contributed by atoms with Gasteiger partial charge in [-0.1, -0.05) is 0 Å². The molecule has 9 nitrogen and oxygen atoms in total. The number of rotatable bonds is 5. The zero-order valence-electron chi connectivity index (χ0n) is 19.2. The summed E-state index contributed by atoms with van der Waals surface area (Å²) in [4.78, 5) is 17.0. The molecule has 3 saturated heterocycles. The van der Waals surface area contributed by atoms with Crippen molar-refractivity contribution in [2.24, 2.45) is 0 Å². The number of hydrogen-bond donors (Lipinski definition) is 2. The normalized spacial score (nSPS) is 24.5. The number of morpholine rings is 2. The minimum Gasteiger partial charge on any atom is -0.496 e. The smallest absolute Gasteiger partial charge is 0.161 e. The summed E-state index contributed by atoms with van der Waals surface area (Å²) in [5.74, 6) is 2.25. The maximum atomic E-state index is 9.75. The summed E-state index contributed by atoms with van der Waals surface area (Å²) in [6.07, 6.45) is 4.38. The first-order valence-electron chi connectivity index (χ1n) is 11.9. The lowest BCUT2D eigenvalue weighted by molar-refractivity contribution is 0.0219. The van der Waals surface area contributed by atoms with Gasteiger partial charge in [0.25, 0.3) is 0 Å². The van der Waals surface area contributed by atoms with Gasteiger partial charge in [-0.05, 0) is 37.1 Å². The van der Waals surface area contributed by atoms with Crippen LogP contribution >= 0.6 is 0 Å². The summed E-state index contributed by atoms with van der Waals surface area (Å²) >= 11 is 0. The zero-order valence-corrected chi connectivity index (χ0v) is 19.2. The number of aliphatic hydroxyl groups excluding tert-OH is 1. The van der Waals surface area contributed by atoms with E-state index in [4.69, 9.17) is 29.2 Å². The summed E-state index contributed by atoms with van der Waals surface area (Å²) in [6.45, 7) is 3.71. The molecule has 3 unspecified atom stereocenters. The van der Waals surface area contributed by atoms with Gasteiger partial charge < -0.3 is 29.5 Å². The van der Waals surface area contributed by atoms with Gasteiger partial charge in [0.1, 0.15) is 17.7 Å². The molecule has 5 heterocycles. The fourth-order valence-corrected chi connectivity index (χ4v) is 5.15. The molecule has 6 rings (SSSR count). The second-order valence-electron chi connectivity index (χ2n) is 9.10. The van der Waals surface area contributed by atoms with Gasteiger partial charge in [-0.2, -0.15) is 0 Å². The predicted molar refractivity (Wildman–Crippen MR) is 127 cm³/mol. The van der Waals surface area contributed by atoms with Crippen LogP contribution in [0.1, 0.15) is 30.3 Å². The van der Waals surface area contributed by atoms with Gasteiger partial charge in [0.05, 0.1) is 49.1 Å². The summed E-state index contributed by atoms with van der Waals surface area (Å²) in [5, 5.41) is 14.0. The van der Waals surface area contributed by atoms with E-state index in [0.29, 0.717) is 24.7 Å². The quantitative estimate of drug-likeness (QED) is 0.590. The third-order valence-electron chi connectivity index (χ3n) is 6.88. The summed E-state index contributed by atoms with van der Waals surface area (Å²) in [6, 6.07) is 7.71. The number of anilines is 1. The van der Waals surface area contributed by atoms with E-state index in [1.54, 1.807) is 7.11 Å². The van der Waals surface area contributed by atoms with Crippen LogP contribution in [0.3, 0.4) is 0 Å². The van der Waals surface area contributed by atoms with Crippen molar-refractivity contribution in [3.8, 4) is 17.0 Å². The number of nitrogens with one attached hydrogen (secondary N) is 1. The van der Waals surface area contributed by atoms with Gasteiger partial charge in [0, 0.05) is 43.5 Å². The molecular formula is C25H29N5O4. The zero-order chi connectivity index (χ0) is 23.1. The molecule has 1 aromatic carbocycles. The second-order valence-corrected chi connectivity index (χ2v) is 9.10. The molecule has 0 saturated carbocycles. The lowest BCUT2D eigenvalue weighted by atomic mass is 10.1. The molecule has 2 bridgehead atoms. The van der Waals surface area contributed by atoms with E-state index in [1.165, 1.54) is 0 Å². The number of fused-ring (bicyclic) bond motifs is 3. The molecule has 0 radical (unpaired) electrons. The molecule has 178 valence electrons. The Labute approximate surface area is 198 Å². The summed E-state index contributed by atoms with van der Waals surface area (Å²) in [7, 11) is 1.60. The molecule has 9 heteroatoms. The molecule has 3 atom stereocenters. The maximum absolute atomic E-state index is 9.75. The minimum absolute atomic E-state index is 0.105. The van der Waals surface area contributed by atoms with Crippen LogP contribution < -0.4 is 15.0 Å². The molecule has 2 aromatic heterocycles. The van der Waals surface area contributed by atoms with E-state index < -0.39 is 0 Å². The van der Waals surface area contributed by atoms with Crippen LogP contribution in [0.4, 0.5) is 5.82 Å². The lowest BCUT2D eigenvalue weighted by Gasteiger charge is -2.34. The van der Waals surface area contributed by atoms with Crippen molar-refractivity contribution in [3.05, 3.63) is 41.9 Å². The molecule has 3 aliphatic rings. The molecule has 3 fully saturated rings. The van der Waals surface area contributed by atoms with Crippen LogP contribution in [0.25, 0.3) is 22.2 Å². The standard InChI is InChI=1S/C25H29N5O4/c1-32-22-5-2-15(8-16(22)14-31)20-9-21-19(10-27-20)25(30-12-17-3-4-18(13-30)34-17)29-24(28-21)23-11-26-6-7-33-23/h2,5,8-10,17-18,23,26,31H,3-4,6-7,11-14H2,1H3. The number of methoxy groups -OCH3 is 1. The van der Waals surface area contributed by atoms with Gasteiger partial charge >= 0.3 is 0 Å².